The van der Waals surface area contributed by atoms with Gasteiger partial charge in [-0.15, -0.1) is 0 Å². The van der Waals surface area contributed by atoms with Gasteiger partial charge in [0.15, 0.2) is 0 Å². The summed E-state index contributed by atoms with van der Waals surface area (Å²) >= 11 is 0. The lowest BCUT2D eigenvalue weighted by Crippen LogP contribution is -2.45. The average Bonchev–Trinajstić information content (AvgIpc) is 3.45. The van der Waals surface area contributed by atoms with Crippen LogP contribution in [0.5, 0.6) is 0 Å². The van der Waals surface area contributed by atoms with Gasteiger partial charge in [-0.05, 0) is 25.7 Å². The van der Waals surface area contributed by atoms with Crippen molar-refractivity contribution in [3.63, 3.8) is 0 Å². The Morgan fingerprint density at radius 2 is 0.519 bits per heavy atom. The molecule has 0 aliphatic rings. The van der Waals surface area contributed by atoms with Crippen molar-refractivity contribution in [1.29, 1.82) is 0 Å². The molecule has 0 saturated heterocycles. The third kappa shape index (κ3) is 65.9. The molecule has 0 radical (unpaired) electrons. The summed E-state index contributed by atoms with van der Waals surface area (Å²) in [5.74, 6) is -0.0104. The van der Waals surface area contributed by atoms with Crippen LogP contribution >= 0.6 is 0 Å². The number of hydrogen-bond donors (Lipinski definition) is 3. The molecule has 6 heteroatoms. The largest absolute Gasteiger partial charge is 0.466 e. The summed E-state index contributed by atoms with van der Waals surface area (Å²) in [7, 11) is 0. The van der Waals surface area contributed by atoms with Gasteiger partial charge in [-0.2, -0.15) is 0 Å². The minimum absolute atomic E-state index is 0.0185. The summed E-state index contributed by atoms with van der Waals surface area (Å²) in [4.78, 5) is 24.7. The minimum Gasteiger partial charge on any atom is -0.466 e. The first-order chi connectivity index (χ1) is 39.0. The van der Waals surface area contributed by atoms with Crippen molar-refractivity contribution in [3.8, 4) is 0 Å². The first-order valence-electron chi connectivity index (χ1n) is 36.8. The highest BCUT2D eigenvalue weighted by Gasteiger charge is 2.20. The fourth-order valence-corrected chi connectivity index (χ4v) is 12.1. The highest BCUT2D eigenvalue weighted by atomic mass is 16.5. The molecule has 0 aliphatic heterocycles. The van der Waals surface area contributed by atoms with E-state index in [0.29, 0.717) is 25.9 Å². The van der Waals surface area contributed by atoms with E-state index in [-0.39, 0.29) is 18.5 Å². The molecule has 0 spiro atoms. The lowest BCUT2D eigenvalue weighted by Gasteiger charge is -2.22. The molecule has 0 aliphatic carbocycles. The van der Waals surface area contributed by atoms with Gasteiger partial charge in [0, 0.05) is 12.8 Å². The van der Waals surface area contributed by atoms with Crippen LogP contribution in [0.2, 0.25) is 0 Å². The van der Waals surface area contributed by atoms with Crippen LogP contribution in [0.15, 0.2) is 0 Å². The maximum atomic E-state index is 12.6. The van der Waals surface area contributed by atoms with Crippen LogP contribution in [-0.2, 0) is 14.3 Å². The summed E-state index contributed by atoms with van der Waals surface area (Å²) in [6.07, 6.45) is 84.4. The fraction of sp³-hybridized carbons (Fsp3) is 0.973. The minimum atomic E-state index is -0.665. The summed E-state index contributed by atoms with van der Waals surface area (Å²) in [6.45, 7) is 5.01. The second kappa shape index (κ2) is 69.4. The molecule has 0 aromatic heterocycles. The van der Waals surface area contributed by atoms with Crippen LogP contribution in [0.3, 0.4) is 0 Å². The smallest absolute Gasteiger partial charge is 0.305 e. The molecule has 2 atom stereocenters. The Bertz CT molecular complexity index is 1150. The van der Waals surface area contributed by atoms with Crippen LogP contribution in [0.4, 0.5) is 0 Å². The number of carbonyl (C=O) groups excluding carboxylic acids is 2. The van der Waals surface area contributed by atoms with Gasteiger partial charge in [0.05, 0.1) is 25.4 Å². The number of ether oxygens (including phenoxy) is 1. The molecule has 0 saturated carbocycles. The van der Waals surface area contributed by atoms with Crippen molar-refractivity contribution in [2.24, 2.45) is 0 Å². The molecule has 79 heavy (non-hydrogen) atoms. The molecule has 1 amide bonds. The zero-order valence-electron chi connectivity index (χ0n) is 54.2. The van der Waals surface area contributed by atoms with E-state index in [1.54, 1.807) is 0 Å². The van der Waals surface area contributed by atoms with E-state index in [0.717, 1.165) is 38.5 Å². The fourth-order valence-electron chi connectivity index (χ4n) is 12.1. The van der Waals surface area contributed by atoms with E-state index < -0.39 is 12.1 Å². The van der Waals surface area contributed by atoms with E-state index in [1.807, 2.05) is 0 Å². The second-order valence-corrected chi connectivity index (χ2v) is 25.6. The molecule has 0 bridgehead atoms. The first kappa shape index (κ1) is 77.9. The van der Waals surface area contributed by atoms with Gasteiger partial charge in [0.25, 0.3) is 0 Å². The van der Waals surface area contributed by atoms with E-state index in [2.05, 4.69) is 19.2 Å². The Labute approximate surface area is 496 Å². The standard InChI is InChI=1S/C73H145NO5/c1-3-5-7-9-11-13-15-17-19-21-22-23-24-25-28-31-34-37-41-45-49-53-57-61-65-71(76)70(69-75)74-72(77)66-62-58-54-50-46-42-38-35-32-29-26-27-30-33-36-40-44-48-52-56-60-64-68-79-73(78)67-63-59-55-51-47-43-39-20-18-16-14-12-10-8-6-4-2/h70-71,75-76H,3-69H2,1-2H3,(H,74,77). The highest BCUT2D eigenvalue weighted by molar-refractivity contribution is 5.76. The molecule has 3 N–H and O–H groups in total. The van der Waals surface area contributed by atoms with Crippen LogP contribution < -0.4 is 5.32 Å². The predicted octanol–water partition coefficient (Wildman–Crippen LogP) is 23.8. The Morgan fingerprint density at radius 1 is 0.304 bits per heavy atom. The van der Waals surface area contributed by atoms with Gasteiger partial charge in [-0.3, -0.25) is 9.59 Å². The number of hydrogen-bond acceptors (Lipinski definition) is 5. The number of aliphatic hydroxyl groups is 2. The van der Waals surface area contributed by atoms with Crippen LogP contribution in [0, 0.1) is 0 Å². The number of rotatable bonds is 70. The molecule has 6 nitrogen and oxygen atoms in total. The van der Waals surface area contributed by atoms with Gasteiger partial charge in [-0.25, -0.2) is 0 Å². The average molecular weight is 1120 g/mol. The Balaban J connectivity index is 3.36. The number of esters is 1. The second-order valence-electron chi connectivity index (χ2n) is 25.6. The number of unbranched alkanes of at least 4 members (excludes halogenated alkanes) is 59. The molecular formula is C73H145NO5. The van der Waals surface area contributed by atoms with E-state index >= 15 is 0 Å². The molecule has 0 fully saturated rings. The van der Waals surface area contributed by atoms with Crippen molar-refractivity contribution < 1.29 is 24.5 Å². The van der Waals surface area contributed by atoms with Crippen molar-refractivity contribution in [2.45, 2.75) is 443 Å². The molecular weight excluding hydrogens is 971 g/mol. The molecule has 0 heterocycles. The topological polar surface area (TPSA) is 95.9 Å². The number of nitrogens with one attached hydrogen (secondary N) is 1. The maximum Gasteiger partial charge on any atom is 0.305 e. The zero-order valence-corrected chi connectivity index (χ0v) is 54.2. The monoisotopic (exact) mass is 1120 g/mol. The van der Waals surface area contributed by atoms with Gasteiger partial charge in [-0.1, -0.05) is 393 Å². The van der Waals surface area contributed by atoms with E-state index in [4.69, 9.17) is 4.74 Å². The van der Waals surface area contributed by atoms with Crippen molar-refractivity contribution in [3.05, 3.63) is 0 Å². The van der Waals surface area contributed by atoms with Crippen molar-refractivity contribution >= 4 is 11.9 Å². The first-order valence-corrected chi connectivity index (χ1v) is 36.8. The zero-order chi connectivity index (χ0) is 57.1. The lowest BCUT2D eigenvalue weighted by atomic mass is 10.0. The summed E-state index contributed by atoms with van der Waals surface area (Å²) in [6, 6.07) is -0.542. The van der Waals surface area contributed by atoms with Gasteiger partial charge < -0.3 is 20.3 Å². The Morgan fingerprint density at radius 3 is 0.772 bits per heavy atom. The van der Waals surface area contributed by atoms with Crippen LogP contribution in [-0.4, -0.2) is 47.4 Å². The van der Waals surface area contributed by atoms with E-state index in [9.17, 15) is 19.8 Å². The number of amides is 1. The SMILES string of the molecule is CCCCCCCCCCCCCCCCCCCCCCCCCCC(O)C(CO)NC(=O)CCCCCCCCCCCCCCCCCCCCCCCCOC(=O)CCCCCCCCCCCCCCCCCC. The van der Waals surface area contributed by atoms with E-state index in [1.165, 1.54) is 360 Å². The lowest BCUT2D eigenvalue weighted by molar-refractivity contribution is -0.143. The predicted molar refractivity (Wildman–Crippen MR) is 347 cm³/mol. The summed E-state index contributed by atoms with van der Waals surface area (Å²) in [5.41, 5.74) is 0. The molecule has 472 valence electrons. The molecule has 2 unspecified atom stereocenters. The third-order valence-electron chi connectivity index (χ3n) is 17.7. The summed E-state index contributed by atoms with van der Waals surface area (Å²) in [5, 5.41) is 23.5. The third-order valence-corrected chi connectivity index (χ3v) is 17.7. The Kier molecular flexibility index (Phi) is 68.4. The normalized spacial score (nSPS) is 12.4. The van der Waals surface area contributed by atoms with Gasteiger partial charge in [0.1, 0.15) is 0 Å². The van der Waals surface area contributed by atoms with Gasteiger partial charge >= 0.3 is 5.97 Å². The summed E-state index contributed by atoms with van der Waals surface area (Å²) < 4.78 is 5.51. The van der Waals surface area contributed by atoms with Gasteiger partial charge in [0.2, 0.25) is 5.91 Å². The molecule has 0 aromatic rings. The molecule has 0 aromatic carbocycles. The molecule has 0 rings (SSSR count). The Hall–Kier alpha value is -1.14. The highest BCUT2D eigenvalue weighted by Crippen LogP contribution is 2.20. The van der Waals surface area contributed by atoms with Crippen LogP contribution in [0.25, 0.3) is 0 Å². The van der Waals surface area contributed by atoms with Crippen LogP contribution in [0.1, 0.15) is 431 Å². The number of aliphatic hydroxyl groups excluding tert-OH is 2. The number of carbonyl (C=O) groups is 2. The quantitative estimate of drug-likeness (QED) is 0.0417. The van der Waals surface area contributed by atoms with Crippen molar-refractivity contribution in [2.75, 3.05) is 13.2 Å². The van der Waals surface area contributed by atoms with Crippen molar-refractivity contribution in [1.82, 2.24) is 5.32 Å². The maximum absolute atomic E-state index is 12.6.